The Kier molecular flexibility index (Phi) is 6.11. The Hall–Kier alpha value is -3.09. The first kappa shape index (κ1) is 21.2. The van der Waals surface area contributed by atoms with E-state index in [2.05, 4.69) is 16.4 Å². The molecule has 31 heavy (non-hydrogen) atoms. The van der Waals surface area contributed by atoms with E-state index in [1.165, 1.54) is 0 Å². The van der Waals surface area contributed by atoms with E-state index in [9.17, 15) is 4.79 Å². The fraction of sp³-hybridized carbons (Fsp3) is 0.167. The number of fused-ring (bicyclic) bond motifs is 1. The number of aryl methyl sites for hydroxylation is 2. The molecule has 0 unspecified atom stereocenters. The maximum absolute atomic E-state index is 12.9. The second-order valence-corrected chi connectivity index (χ2v) is 8.31. The van der Waals surface area contributed by atoms with Crippen LogP contribution < -0.4 is 10.9 Å². The number of aromatic nitrogens is 1. The lowest BCUT2D eigenvalue weighted by Gasteiger charge is -2.25. The number of anilines is 1. The molecule has 0 aliphatic carbocycles. The van der Waals surface area contributed by atoms with Gasteiger partial charge in [-0.3, -0.25) is 4.79 Å². The van der Waals surface area contributed by atoms with Gasteiger partial charge < -0.3 is 19.6 Å². The Balaban J connectivity index is 1.67. The highest BCUT2D eigenvalue weighted by Gasteiger charge is 2.16. The van der Waals surface area contributed by atoms with E-state index < -0.39 is 0 Å². The van der Waals surface area contributed by atoms with Crippen molar-refractivity contribution >= 4 is 45.5 Å². The quantitative estimate of drug-likeness (QED) is 0.376. The van der Waals surface area contributed by atoms with Crippen LogP contribution in [0.5, 0.6) is 0 Å². The number of furan rings is 1. The van der Waals surface area contributed by atoms with Crippen LogP contribution in [0, 0.1) is 13.8 Å². The largest absolute Gasteiger partial charge is 0.467 e. The highest BCUT2D eigenvalue weighted by molar-refractivity contribution is 7.80. The smallest absolute Gasteiger partial charge is 0.253 e. The molecule has 158 valence electrons. The maximum Gasteiger partial charge on any atom is 0.253 e. The number of thiocarbonyl (C=S) groups is 1. The highest BCUT2D eigenvalue weighted by Crippen LogP contribution is 2.21. The first-order valence-electron chi connectivity index (χ1n) is 9.86. The van der Waals surface area contributed by atoms with E-state index in [-0.39, 0.29) is 5.56 Å². The molecule has 0 amide bonds. The van der Waals surface area contributed by atoms with Crippen LogP contribution >= 0.6 is 23.8 Å². The molecule has 0 saturated carbocycles. The number of H-pyrrole nitrogens is 1. The van der Waals surface area contributed by atoms with Gasteiger partial charge in [0, 0.05) is 21.7 Å². The van der Waals surface area contributed by atoms with E-state index in [4.69, 9.17) is 28.2 Å². The molecule has 2 aromatic carbocycles. The number of rotatable bonds is 5. The fourth-order valence-corrected chi connectivity index (χ4v) is 3.94. The van der Waals surface area contributed by atoms with Gasteiger partial charge in [-0.2, -0.15) is 0 Å². The van der Waals surface area contributed by atoms with Crippen LogP contribution in [0.4, 0.5) is 5.69 Å². The summed E-state index contributed by atoms with van der Waals surface area (Å²) < 4.78 is 5.52. The van der Waals surface area contributed by atoms with Crippen molar-refractivity contribution in [1.82, 2.24) is 9.88 Å². The topological polar surface area (TPSA) is 61.3 Å². The number of halogens is 1. The maximum atomic E-state index is 12.9. The average molecular weight is 452 g/mol. The first-order chi connectivity index (χ1) is 14.9. The predicted molar refractivity (Wildman–Crippen MR) is 130 cm³/mol. The van der Waals surface area contributed by atoms with Crippen molar-refractivity contribution in [2.75, 3.05) is 5.32 Å². The second kappa shape index (κ2) is 8.96. The van der Waals surface area contributed by atoms with Crippen molar-refractivity contribution in [1.29, 1.82) is 0 Å². The normalized spacial score (nSPS) is 10.9. The number of nitrogens with one attached hydrogen (secondary N) is 2. The van der Waals surface area contributed by atoms with Crippen molar-refractivity contribution < 1.29 is 4.42 Å². The van der Waals surface area contributed by atoms with Crippen molar-refractivity contribution in [2.24, 2.45) is 0 Å². The van der Waals surface area contributed by atoms with Crippen LogP contribution in [0.15, 0.2) is 70.1 Å². The lowest BCUT2D eigenvalue weighted by atomic mass is 10.0. The predicted octanol–water partition coefficient (Wildman–Crippen LogP) is 5.79. The van der Waals surface area contributed by atoms with Gasteiger partial charge in [-0.25, -0.2) is 0 Å². The SMILES string of the molecule is Cc1ccc(C)c2[nH]c(=O)c(CN(Cc3ccco3)C(=S)Nc3cccc(Cl)c3)cc12. The molecule has 4 aromatic rings. The van der Waals surface area contributed by atoms with Crippen LogP contribution in [-0.4, -0.2) is 15.0 Å². The van der Waals surface area contributed by atoms with Crippen molar-refractivity contribution in [3.05, 3.63) is 98.7 Å². The van der Waals surface area contributed by atoms with Gasteiger partial charge in [-0.05, 0) is 73.6 Å². The Morgan fingerprint density at radius 3 is 2.65 bits per heavy atom. The minimum atomic E-state index is -0.129. The second-order valence-electron chi connectivity index (χ2n) is 7.49. The van der Waals surface area contributed by atoms with Gasteiger partial charge in [-0.15, -0.1) is 0 Å². The van der Waals surface area contributed by atoms with Gasteiger partial charge in [0.05, 0.1) is 24.9 Å². The summed E-state index contributed by atoms with van der Waals surface area (Å²) in [5, 5.41) is 5.33. The highest BCUT2D eigenvalue weighted by atomic mass is 35.5. The molecule has 0 radical (unpaired) electrons. The molecule has 0 spiro atoms. The van der Waals surface area contributed by atoms with Crippen molar-refractivity contribution in [3.63, 3.8) is 0 Å². The van der Waals surface area contributed by atoms with E-state index in [0.29, 0.717) is 28.8 Å². The molecule has 2 heterocycles. The third kappa shape index (κ3) is 4.81. The zero-order chi connectivity index (χ0) is 22.0. The van der Waals surface area contributed by atoms with Gasteiger partial charge in [0.2, 0.25) is 0 Å². The number of aromatic amines is 1. The van der Waals surface area contributed by atoms with Gasteiger partial charge in [0.25, 0.3) is 5.56 Å². The minimum absolute atomic E-state index is 0.129. The van der Waals surface area contributed by atoms with Crippen LogP contribution in [-0.2, 0) is 13.1 Å². The molecular weight excluding hydrogens is 430 g/mol. The minimum Gasteiger partial charge on any atom is -0.467 e. The molecule has 5 nitrogen and oxygen atoms in total. The molecule has 0 aliphatic heterocycles. The van der Waals surface area contributed by atoms with Crippen LogP contribution in [0.2, 0.25) is 5.02 Å². The van der Waals surface area contributed by atoms with E-state index in [0.717, 1.165) is 33.5 Å². The zero-order valence-corrected chi connectivity index (χ0v) is 18.8. The summed E-state index contributed by atoms with van der Waals surface area (Å²) in [5.74, 6) is 0.750. The van der Waals surface area contributed by atoms with E-state index >= 15 is 0 Å². The van der Waals surface area contributed by atoms with Gasteiger partial charge >= 0.3 is 0 Å². The molecule has 0 fully saturated rings. The molecule has 2 aromatic heterocycles. The Morgan fingerprint density at radius 1 is 1.10 bits per heavy atom. The van der Waals surface area contributed by atoms with Gasteiger partial charge in [0.1, 0.15) is 5.76 Å². The van der Waals surface area contributed by atoms with Gasteiger partial charge in [-0.1, -0.05) is 29.8 Å². The summed E-state index contributed by atoms with van der Waals surface area (Å²) in [7, 11) is 0. The summed E-state index contributed by atoms with van der Waals surface area (Å²) in [6, 6.07) is 17.1. The van der Waals surface area contributed by atoms with Crippen LogP contribution in [0.1, 0.15) is 22.5 Å². The Bertz CT molecular complexity index is 1300. The van der Waals surface area contributed by atoms with Gasteiger partial charge in [0.15, 0.2) is 5.11 Å². The molecule has 2 N–H and O–H groups in total. The summed E-state index contributed by atoms with van der Waals surface area (Å²) in [6.07, 6.45) is 1.62. The fourth-order valence-electron chi connectivity index (χ4n) is 3.50. The van der Waals surface area contributed by atoms with E-state index in [1.54, 1.807) is 18.4 Å². The van der Waals surface area contributed by atoms with Crippen molar-refractivity contribution in [3.8, 4) is 0 Å². The standard InChI is InChI=1S/C24H22ClN3O2S/c1-15-8-9-16(2)22-21(15)11-17(23(29)27-22)13-28(14-20-7-4-10-30-20)24(31)26-19-6-3-5-18(25)12-19/h3-12H,13-14H2,1-2H3,(H,26,31)(H,27,29). The van der Waals surface area contributed by atoms with E-state index in [1.807, 2.05) is 55.1 Å². The lowest BCUT2D eigenvalue weighted by Crippen LogP contribution is -2.35. The Morgan fingerprint density at radius 2 is 1.90 bits per heavy atom. The molecule has 0 saturated heterocycles. The number of hydrogen-bond acceptors (Lipinski definition) is 3. The molecular formula is C24H22ClN3O2S. The number of nitrogens with zero attached hydrogens (tertiary/aromatic N) is 1. The summed E-state index contributed by atoms with van der Waals surface area (Å²) in [6.45, 7) is 4.77. The number of benzene rings is 2. The first-order valence-corrected chi connectivity index (χ1v) is 10.7. The average Bonchev–Trinajstić information content (AvgIpc) is 3.24. The molecule has 7 heteroatoms. The van der Waals surface area contributed by atoms with Crippen LogP contribution in [0.25, 0.3) is 10.9 Å². The van der Waals surface area contributed by atoms with Crippen LogP contribution in [0.3, 0.4) is 0 Å². The third-order valence-electron chi connectivity index (χ3n) is 5.17. The summed E-state index contributed by atoms with van der Waals surface area (Å²) >= 11 is 11.8. The Labute approximate surface area is 190 Å². The molecule has 0 aliphatic rings. The lowest BCUT2D eigenvalue weighted by molar-refractivity contribution is 0.359. The summed E-state index contributed by atoms with van der Waals surface area (Å²) in [5.41, 5.74) is 4.29. The zero-order valence-electron chi connectivity index (χ0n) is 17.2. The summed E-state index contributed by atoms with van der Waals surface area (Å²) in [4.78, 5) is 17.8. The third-order valence-corrected chi connectivity index (χ3v) is 5.77. The number of pyridine rings is 1. The van der Waals surface area contributed by atoms with Crippen molar-refractivity contribution in [2.45, 2.75) is 26.9 Å². The number of hydrogen-bond donors (Lipinski definition) is 2. The molecule has 0 atom stereocenters. The monoisotopic (exact) mass is 451 g/mol. The molecule has 0 bridgehead atoms. The molecule has 4 rings (SSSR count).